The van der Waals surface area contributed by atoms with Crippen LogP contribution in [0.2, 0.25) is 0 Å². The van der Waals surface area contributed by atoms with Gasteiger partial charge in [0.05, 0.1) is 17.3 Å². The zero-order chi connectivity index (χ0) is 17.7. The molecule has 0 saturated carbocycles. The molecular formula is C17H22N4O3. The van der Waals surface area contributed by atoms with Gasteiger partial charge in [0.15, 0.2) is 5.69 Å². The summed E-state index contributed by atoms with van der Waals surface area (Å²) in [7, 11) is 0. The molecule has 128 valence electrons. The molecule has 1 aromatic heterocycles. The van der Waals surface area contributed by atoms with E-state index >= 15 is 0 Å². The normalized spacial score (nSPS) is 12.0. The summed E-state index contributed by atoms with van der Waals surface area (Å²) in [6.45, 7) is 5.75. The lowest BCUT2D eigenvalue weighted by molar-refractivity contribution is -0.141. The van der Waals surface area contributed by atoms with Crippen LogP contribution in [0.1, 0.15) is 41.5 Å². The Bertz CT molecular complexity index is 722. The van der Waals surface area contributed by atoms with Crippen LogP contribution >= 0.6 is 0 Å². The largest absolute Gasteiger partial charge is 0.481 e. The van der Waals surface area contributed by atoms with Gasteiger partial charge in [0.1, 0.15) is 0 Å². The predicted molar refractivity (Wildman–Crippen MR) is 89.2 cm³/mol. The summed E-state index contributed by atoms with van der Waals surface area (Å²) in [6, 6.07) is 7.72. The fourth-order valence-electron chi connectivity index (χ4n) is 2.43. The Morgan fingerprint density at radius 2 is 1.92 bits per heavy atom. The number of carboxylic acid groups (broad SMARTS) is 1. The molecule has 1 unspecified atom stereocenters. The van der Waals surface area contributed by atoms with Crippen LogP contribution in [0.25, 0.3) is 5.69 Å². The smallest absolute Gasteiger partial charge is 0.308 e. The summed E-state index contributed by atoms with van der Waals surface area (Å²) >= 11 is 0. The van der Waals surface area contributed by atoms with Crippen LogP contribution in [0, 0.1) is 19.8 Å². The first-order valence-electron chi connectivity index (χ1n) is 7.94. The highest BCUT2D eigenvalue weighted by Crippen LogP contribution is 2.13. The maximum Gasteiger partial charge on any atom is 0.308 e. The summed E-state index contributed by atoms with van der Waals surface area (Å²) in [5, 5.41) is 19.7. The van der Waals surface area contributed by atoms with Gasteiger partial charge in [-0.25, -0.2) is 4.68 Å². The first-order valence-corrected chi connectivity index (χ1v) is 7.94. The van der Waals surface area contributed by atoms with Crippen molar-refractivity contribution < 1.29 is 14.7 Å². The van der Waals surface area contributed by atoms with Crippen LogP contribution in [0.3, 0.4) is 0 Å². The van der Waals surface area contributed by atoms with E-state index in [4.69, 9.17) is 5.11 Å². The molecular weight excluding hydrogens is 308 g/mol. The van der Waals surface area contributed by atoms with Gasteiger partial charge in [-0.1, -0.05) is 36.3 Å². The lowest BCUT2D eigenvalue weighted by Crippen LogP contribution is -2.33. The SMILES string of the molecule is CCCC(CNC(=O)c1nnn(-c2ccc(C)cc2)c1C)C(=O)O. The van der Waals surface area contributed by atoms with Gasteiger partial charge in [0.2, 0.25) is 0 Å². The number of amides is 1. The number of hydrogen-bond acceptors (Lipinski definition) is 4. The molecule has 1 atom stereocenters. The number of nitrogens with one attached hydrogen (secondary N) is 1. The Morgan fingerprint density at radius 3 is 2.50 bits per heavy atom. The minimum Gasteiger partial charge on any atom is -0.481 e. The zero-order valence-corrected chi connectivity index (χ0v) is 14.1. The van der Waals surface area contributed by atoms with Gasteiger partial charge < -0.3 is 10.4 Å². The second-order valence-electron chi connectivity index (χ2n) is 5.80. The summed E-state index contributed by atoms with van der Waals surface area (Å²) in [6.07, 6.45) is 1.26. The molecule has 7 heteroatoms. The summed E-state index contributed by atoms with van der Waals surface area (Å²) in [4.78, 5) is 23.4. The Kier molecular flexibility index (Phi) is 5.68. The van der Waals surface area contributed by atoms with Gasteiger partial charge in [-0.2, -0.15) is 0 Å². The molecule has 2 N–H and O–H groups in total. The van der Waals surface area contributed by atoms with Gasteiger partial charge in [-0.15, -0.1) is 5.10 Å². The van der Waals surface area contributed by atoms with Crippen LogP contribution in [0.4, 0.5) is 0 Å². The molecule has 0 bridgehead atoms. The maximum atomic E-state index is 12.3. The third-order valence-corrected chi connectivity index (χ3v) is 3.88. The van der Waals surface area contributed by atoms with Crippen LogP contribution in [-0.4, -0.2) is 38.5 Å². The summed E-state index contributed by atoms with van der Waals surface area (Å²) < 4.78 is 1.59. The number of carbonyl (C=O) groups is 2. The molecule has 24 heavy (non-hydrogen) atoms. The van der Waals surface area contributed by atoms with Crippen molar-refractivity contribution in [2.24, 2.45) is 5.92 Å². The lowest BCUT2D eigenvalue weighted by Gasteiger charge is -2.11. The van der Waals surface area contributed by atoms with Crippen molar-refractivity contribution in [2.75, 3.05) is 6.54 Å². The summed E-state index contributed by atoms with van der Waals surface area (Å²) in [5.74, 6) is -1.91. The first-order chi connectivity index (χ1) is 11.4. The number of hydrogen-bond donors (Lipinski definition) is 2. The molecule has 2 aromatic rings. The molecule has 0 fully saturated rings. The van der Waals surface area contributed by atoms with Crippen molar-refractivity contribution in [3.05, 3.63) is 41.2 Å². The van der Waals surface area contributed by atoms with E-state index < -0.39 is 17.8 Å². The molecule has 0 aliphatic carbocycles. The highest BCUT2D eigenvalue weighted by molar-refractivity contribution is 5.93. The predicted octanol–water partition coefficient (Wildman–Crippen LogP) is 2.11. The summed E-state index contributed by atoms with van der Waals surface area (Å²) in [5.41, 5.74) is 2.76. The molecule has 1 amide bonds. The number of nitrogens with zero attached hydrogens (tertiary/aromatic N) is 3. The molecule has 2 rings (SSSR count). The van der Waals surface area contributed by atoms with Crippen molar-refractivity contribution in [3.8, 4) is 5.69 Å². The number of benzene rings is 1. The molecule has 0 saturated heterocycles. The lowest BCUT2D eigenvalue weighted by atomic mass is 10.0. The van der Waals surface area contributed by atoms with Crippen molar-refractivity contribution in [1.82, 2.24) is 20.3 Å². The Hall–Kier alpha value is -2.70. The average molecular weight is 330 g/mol. The van der Waals surface area contributed by atoms with Crippen molar-refractivity contribution in [2.45, 2.75) is 33.6 Å². The van der Waals surface area contributed by atoms with Crippen molar-refractivity contribution >= 4 is 11.9 Å². The van der Waals surface area contributed by atoms with E-state index in [1.807, 2.05) is 38.1 Å². The van der Waals surface area contributed by atoms with E-state index in [-0.39, 0.29) is 12.2 Å². The minimum absolute atomic E-state index is 0.0822. The second-order valence-corrected chi connectivity index (χ2v) is 5.80. The van der Waals surface area contributed by atoms with E-state index in [0.29, 0.717) is 12.1 Å². The van der Waals surface area contributed by atoms with E-state index in [2.05, 4.69) is 15.6 Å². The Morgan fingerprint density at radius 1 is 1.25 bits per heavy atom. The average Bonchev–Trinajstić information content (AvgIpc) is 2.93. The van der Waals surface area contributed by atoms with Crippen molar-refractivity contribution in [1.29, 1.82) is 0 Å². The number of rotatable bonds is 7. The van der Waals surface area contributed by atoms with Crippen molar-refractivity contribution in [3.63, 3.8) is 0 Å². The van der Waals surface area contributed by atoms with Gasteiger partial charge in [0.25, 0.3) is 5.91 Å². The Balaban J connectivity index is 2.11. The fraction of sp³-hybridized carbons (Fsp3) is 0.412. The fourth-order valence-corrected chi connectivity index (χ4v) is 2.43. The second kappa shape index (κ2) is 7.72. The minimum atomic E-state index is -0.905. The van der Waals surface area contributed by atoms with E-state index in [9.17, 15) is 9.59 Å². The quantitative estimate of drug-likeness (QED) is 0.810. The molecule has 0 aliphatic rings. The van der Waals surface area contributed by atoms with E-state index in [1.165, 1.54) is 0 Å². The van der Waals surface area contributed by atoms with E-state index in [0.717, 1.165) is 17.7 Å². The number of aromatic nitrogens is 3. The topological polar surface area (TPSA) is 97.1 Å². The third kappa shape index (κ3) is 3.98. The van der Waals surface area contributed by atoms with E-state index in [1.54, 1.807) is 11.6 Å². The number of aliphatic carboxylic acids is 1. The number of aryl methyl sites for hydroxylation is 1. The van der Waals surface area contributed by atoms with Crippen LogP contribution in [0.5, 0.6) is 0 Å². The van der Waals surface area contributed by atoms with Gasteiger partial charge >= 0.3 is 5.97 Å². The number of carbonyl (C=O) groups excluding carboxylic acids is 1. The maximum absolute atomic E-state index is 12.3. The molecule has 0 spiro atoms. The first kappa shape index (κ1) is 17.7. The van der Waals surface area contributed by atoms with Crippen LogP contribution in [0.15, 0.2) is 24.3 Å². The molecule has 1 heterocycles. The molecule has 1 aromatic carbocycles. The van der Waals surface area contributed by atoms with Crippen LogP contribution < -0.4 is 5.32 Å². The molecule has 0 radical (unpaired) electrons. The van der Waals surface area contributed by atoms with Crippen LogP contribution in [-0.2, 0) is 4.79 Å². The molecule has 0 aliphatic heterocycles. The highest BCUT2D eigenvalue weighted by Gasteiger charge is 2.21. The zero-order valence-electron chi connectivity index (χ0n) is 14.1. The standard InChI is InChI=1S/C17H22N4O3/c1-4-5-13(17(23)24)10-18-16(22)15-12(3)21(20-19-15)14-8-6-11(2)7-9-14/h6-9,13H,4-5,10H2,1-3H3,(H,18,22)(H,23,24). The number of carboxylic acids is 1. The third-order valence-electron chi connectivity index (χ3n) is 3.88. The monoisotopic (exact) mass is 330 g/mol. The van der Waals surface area contributed by atoms with Gasteiger partial charge in [0, 0.05) is 6.54 Å². The van der Waals surface area contributed by atoms with Gasteiger partial charge in [-0.05, 0) is 32.4 Å². The molecule has 7 nitrogen and oxygen atoms in total. The Labute approximate surface area is 140 Å². The van der Waals surface area contributed by atoms with Gasteiger partial charge in [-0.3, -0.25) is 9.59 Å². The highest BCUT2D eigenvalue weighted by atomic mass is 16.4.